The molecule has 0 rings (SSSR count). The second kappa shape index (κ2) is 11.1. The van der Waals surface area contributed by atoms with Crippen LogP contribution in [-0.2, 0) is 19.2 Å². The fraction of sp³-hybridized carbons (Fsp3) is 0.789. The molecule has 0 aromatic heterocycles. The zero-order chi connectivity index (χ0) is 20.5. The number of hydrogen-bond donors (Lipinski definition) is 1. The smallest absolute Gasteiger partial charge is 0.243 e. The van der Waals surface area contributed by atoms with Crippen molar-refractivity contribution in [2.24, 2.45) is 11.8 Å². The van der Waals surface area contributed by atoms with Gasteiger partial charge < -0.3 is 14.6 Å². The third kappa shape index (κ3) is 6.86. The van der Waals surface area contributed by atoms with Crippen LogP contribution in [0.5, 0.6) is 0 Å². The molecule has 0 heterocycles. The summed E-state index contributed by atoms with van der Waals surface area (Å²) in [5, 5.41) is 3.07. The van der Waals surface area contributed by atoms with Gasteiger partial charge in [-0.25, -0.2) is 0 Å². The van der Waals surface area contributed by atoms with E-state index in [2.05, 4.69) is 5.32 Å². The highest BCUT2D eigenvalue weighted by Crippen LogP contribution is 2.21. The lowest BCUT2D eigenvalue weighted by atomic mass is 9.93. The molecule has 0 aliphatic carbocycles. The zero-order valence-electron chi connectivity index (χ0n) is 17.2. The summed E-state index contributed by atoms with van der Waals surface area (Å²) in [5.74, 6) is -0.389. The number of likely N-dealkylation sites (N-methyl/N-ethyl adjacent to an activating group) is 2. The van der Waals surface area contributed by atoms with Crippen molar-refractivity contribution >= 4 is 24.4 Å². The van der Waals surface area contributed by atoms with Crippen molar-refractivity contribution in [1.82, 2.24) is 15.1 Å². The van der Waals surface area contributed by atoms with Crippen molar-refractivity contribution in [2.75, 3.05) is 20.6 Å². The molecule has 150 valence electrons. The number of hydrogen-bond acceptors (Lipinski definition) is 5. The molecule has 0 aromatic carbocycles. The van der Waals surface area contributed by atoms with E-state index < -0.39 is 11.7 Å². The maximum absolute atomic E-state index is 12.7. The van der Waals surface area contributed by atoms with Gasteiger partial charge in [-0.05, 0) is 24.7 Å². The van der Waals surface area contributed by atoms with E-state index >= 15 is 0 Å². The van der Waals surface area contributed by atoms with Gasteiger partial charge in [-0.15, -0.1) is 0 Å². The highest BCUT2D eigenvalue weighted by atomic mass is 16.2. The van der Waals surface area contributed by atoms with Gasteiger partial charge in [0.15, 0.2) is 11.9 Å². The van der Waals surface area contributed by atoms with E-state index in [1.165, 1.54) is 16.8 Å². The Hall–Kier alpha value is -1.76. The third-order valence-corrected chi connectivity index (χ3v) is 4.43. The van der Waals surface area contributed by atoms with Gasteiger partial charge in [0.2, 0.25) is 11.8 Å². The summed E-state index contributed by atoms with van der Waals surface area (Å²) in [6.07, 6.45) is 2.89. The van der Waals surface area contributed by atoms with E-state index in [4.69, 9.17) is 0 Å². The standard InChI is InChI=1S/C19H35N3O4/c1-8-9-17(25)21(6)11-18(26)22(7)19(13-24,10-14(2)3)20-16(12-23)15(4)5/h12-16,20H,8-11H2,1-7H3/t16-,19-/m1/s1. The molecular weight excluding hydrogens is 334 g/mol. The van der Waals surface area contributed by atoms with Crippen LogP contribution in [0.3, 0.4) is 0 Å². The molecule has 26 heavy (non-hydrogen) atoms. The number of rotatable bonds is 12. The second-order valence-corrected chi connectivity index (χ2v) is 7.64. The Morgan fingerprint density at radius 3 is 2.04 bits per heavy atom. The molecule has 0 unspecified atom stereocenters. The van der Waals surface area contributed by atoms with E-state index in [1.54, 1.807) is 7.05 Å². The van der Waals surface area contributed by atoms with Gasteiger partial charge in [-0.3, -0.25) is 19.7 Å². The first-order chi connectivity index (χ1) is 12.0. The van der Waals surface area contributed by atoms with Gasteiger partial charge >= 0.3 is 0 Å². The van der Waals surface area contributed by atoms with Gasteiger partial charge in [0.1, 0.15) is 6.29 Å². The number of carbonyl (C=O) groups is 4. The molecule has 0 bridgehead atoms. The van der Waals surface area contributed by atoms with Crippen molar-refractivity contribution in [3.63, 3.8) is 0 Å². The Morgan fingerprint density at radius 2 is 1.65 bits per heavy atom. The molecule has 0 saturated heterocycles. The van der Waals surface area contributed by atoms with Crippen molar-refractivity contribution in [3.05, 3.63) is 0 Å². The van der Waals surface area contributed by atoms with Crippen molar-refractivity contribution in [3.8, 4) is 0 Å². The predicted octanol–water partition coefficient (Wildman–Crippen LogP) is 1.46. The maximum atomic E-state index is 12.7. The lowest BCUT2D eigenvalue weighted by Crippen LogP contribution is -2.65. The molecular formula is C19H35N3O4. The molecule has 0 aliphatic heterocycles. The summed E-state index contributed by atoms with van der Waals surface area (Å²) < 4.78 is 0. The second-order valence-electron chi connectivity index (χ2n) is 7.64. The predicted molar refractivity (Wildman–Crippen MR) is 101 cm³/mol. The average molecular weight is 370 g/mol. The summed E-state index contributed by atoms with van der Waals surface area (Å²) in [7, 11) is 3.11. The molecule has 0 radical (unpaired) electrons. The minimum absolute atomic E-state index is 0.0312. The lowest BCUT2D eigenvalue weighted by Gasteiger charge is -2.42. The van der Waals surface area contributed by atoms with Crippen LogP contribution in [-0.4, -0.2) is 66.5 Å². The molecule has 7 nitrogen and oxygen atoms in total. The molecule has 0 saturated carbocycles. The SMILES string of the molecule is CCCC(=O)N(C)CC(=O)N(C)[C@@](C=O)(CC(C)C)N[C@H](C=O)C(C)C. The monoisotopic (exact) mass is 369 g/mol. The Labute approximate surface area is 157 Å². The number of amides is 2. The summed E-state index contributed by atoms with van der Waals surface area (Å²) in [4.78, 5) is 50.8. The Kier molecular flexibility index (Phi) is 10.3. The van der Waals surface area contributed by atoms with Crippen LogP contribution >= 0.6 is 0 Å². The Balaban J connectivity index is 5.52. The van der Waals surface area contributed by atoms with Gasteiger partial charge in [0.25, 0.3) is 0 Å². The molecule has 2 atom stereocenters. The van der Waals surface area contributed by atoms with E-state index in [-0.39, 0.29) is 30.2 Å². The van der Waals surface area contributed by atoms with Crippen LogP contribution in [0, 0.1) is 11.8 Å². The normalized spacial score (nSPS) is 14.7. The Bertz CT molecular complexity index is 493. The molecule has 0 fully saturated rings. The number of nitrogens with one attached hydrogen (secondary N) is 1. The maximum Gasteiger partial charge on any atom is 0.243 e. The van der Waals surface area contributed by atoms with Crippen molar-refractivity contribution < 1.29 is 19.2 Å². The van der Waals surface area contributed by atoms with Crippen LogP contribution in [0.1, 0.15) is 53.9 Å². The molecule has 7 heteroatoms. The highest BCUT2D eigenvalue weighted by Gasteiger charge is 2.40. The van der Waals surface area contributed by atoms with Gasteiger partial charge in [-0.1, -0.05) is 34.6 Å². The Morgan fingerprint density at radius 1 is 1.08 bits per heavy atom. The fourth-order valence-corrected chi connectivity index (χ4v) is 2.75. The van der Waals surface area contributed by atoms with E-state index in [1.807, 2.05) is 34.6 Å². The van der Waals surface area contributed by atoms with Gasteiger partial charge in [0.05, 0.1) is 12.6 Å². The van der Waals surface area contributed by atoms with E-state index in [9.17, 15) is 19.2 Å². The number of nitrogens with zero attached hydrogens (tertiary/aromatic N) is 2. The highest BCUT2D eigenvalue weighted by molar-refractivity contribution is 5.87. The minimum Gasteiger partial charge on any atom is -0.336 e. The van der Waals surface area contributed by atoms with Crippen LogP contribution in [0.2, 0.25) is 0 Å². The zero-order valence-corrected chi connectivity index (χ0v) is 17.2. The van der Waals surface area contributed by atoms with E-state index in [0.29, 0.717) is 25.5 Å². The molecule has 1 N–H and O–H groups in total. The molecule has 0 aromatic rings. The summed E-state index contributed by atoms with van der Waals surface area (Å²) in [6, 6.07) is -0.561. The third-order valence-electron chi connectivity index (χ3n) is 4.43. The summed E-state index contributed by atoms with van der Waals surface area (Å²) in [6.45, 7) is 9.42. The average Bonchev–Trinajstić information content (AvgIpc) is 2.57. The van der Waals surface area contributed by atoms with Gasteiger partial charge in [-0.2, -0.15) is 0 Å². The number of carbonyl (C=O) groups excluding carboxylic acids is 4. The van der Waals surface area contributed by atoms with Crippen molar-refractivity contribution in [2.45, 2.75) is 65.6 Å². The first kappa shape index (κ1) is 24.2. The first-order valence-electron chi connectivity index (χ1n) is 9.24. The molecule has 0 aliphatic rings. The molecule has 0 spiro atoms. The van der Waals surface area contributed by atoms with E-state index in [0.717, 1.165) is 6.29 Å². The number of aldehydes is 2. The summed E-state index contributed by atoms with van der Waals surface area (Å²) >= 11 is 0. The topological polar surface area (TPSA) is 86.8 Å². The van der Waals surface area contributed by atoms with Crippen molar-refractivity contribution in [1.29, 1.82) is 0 Å². The minimum atomic E-state index is -1.30. The van der Waals surface area contributed by atoms with Gasteiger partial charge in [0, 0.05) is 20.5 Å². The van der Waals surface area contributed by atoms with Crippen LogP contribution in [0.4, 0.5) is 0 Å². The largest absolute Gasteiger partial charge is 0.336 e. The van der Waals surface area contributed by atoms with Crippen LogP contribution in [0.15, 0.2) is 0 Å². The summed E-state index contributed by atoms with van der Waals surface area (Å²) in [5.41, 5.74) is -1.30. The first-order valence-corrected chi connectivity index (χ1v) is 9.24. The lowest BCUT2D eigenvalue weighted by molar-refractivity contribution is -0.147. The van der Waals surface area contributed by atoms with Crippen LogP contribution < -0.4 is 5.32 Å². The quantitative estimate of drug-likeness (QED) is 0.416. The molecule has 2 amide bonds. The fourth-order valence-electron chi connectivity index (χ4n) is 2.75. The van der Waals surface area contributed by atoms with Crippen LogP contribution in [0.25, 0.3) is 0 Å².